The number of likely N-dealkylation sites (N-methyl/N-ethyl adjacent to an activating group) is 1. The molecule has 1 heterocycles. The largest absolute Gasteiger partial charge is 0.387 e. The van der Waals surface area contributed by atoms with Gasteiger partial charge >= 0.3 is 0 Å². The number of aromatic nitrogens is 1. The summed E-state index contributed by atoms with van der Waals surface area (Å²) < 4.78 is 0. The zero-order valence-corrected chi connectivity index (χ0v) is 10.0. The predicted molar refractivity (Wildman–Crippen MR) is 68.1 cm³/mol. The Hall–Kier alpha value is -2.14. The number of nitrogens with one attached hydrogen (secondary N) is 1. The van der Waals surface area contributed by atoms with E-state index in [9.17, 15) is 9.59 Å². The SMILES string of the molecule is CN(Cc1cc(=O)[nH]c2ccccc12)C(=O)CO. The smallest absolute Gasteiger partial charge is 0.248 e. The molecular formula is C13H14N2O3. The van der Waals surface area contributed by atoms with Crippen LogP contribution in [0.25, 0.3) is 10.9 Å². The number of carbonyl (C=O) groups excluding carboxylic acids is 1. The minimum atomic E-state index is -0.530. The monoisotopic (exact) mass is 246 g/mol. The Morgan fingerprint density at radius 1 is 1.39 bits per heavy atom. The molecule has 0 bridgehead atoms. The zero-order valence-electron chi connectivity index (χ0n) is 10.0. The number of carbonyl (C=O) groups is 1. The van der Waals surface area contributed by atoms with Gasteiger partial charge in [0.25, 0.3) is 0 Å². The van der Waals surface area contributed by atoms with Gasteiger partial charge in [-0.3, -0.25) is 9.59 Å². The number of benzene rings is 1. The molecule has 18 heavy (non-hydrogen) atoms. The van der Waals surface area contributed by atoms with Crippen molar-refractivity contribution >= 4 is 16.8 Å². The van der Waals surface area contributed by atoms with Crippen molar-refractivity contribution in [3.63, 3.8) is 0 Å². The van der Waals surface area contributed by atoms with E-state index in [0.717, 1.165) is 16.5 Å². The van der Waals surface area contributed by atoms with Gasteiger partial charge in [0.05, 0.1) is 0 Å². The van der Waals surface area contributed by atoms with Gasteiger partial charge in [-0.25, -0.2) is 0 Å². The Morgan fingerprint density at radius 2 is 2.11 bits per heavy atom. The number of hydrogen-bond donors (Lipinski definition) is 2. The van der Waals surface area contributed by atoms with E-state index in [4.69, 9.17) is 5.11 Å². The Kier molecular flexibility index (Phi) is 3.43. The van der Waals surface area contributed by atoms with Crippen LogP contribution in [-0.2, 0) is 11.3 Å². The van der Waals surface area contributed by atoms with Crippen LogP contribution in [-0.4, -0.2) is 34.6 Å². The summed E-state index contributed by atoms with van der Waals surface area (Å²) in [5.74, 6) is -0.376. The number of amides is 1. The highest BCUT2D eigenvalue weighted by atomic mass is 16.3. The maximum absolute atomic E-state index is 11.5. The summed E-state index contributed by atoms with van der Waals surface area (Å²) in [5.41, 5.74) is 1.30. The topological polar surface area (TPSA) is 73.4 Å². The standard InChI is InChI=1S/C13H14N2O3/c1-15(13(18)8-16)7-9-6-12(17)14-11-5-3-2-4-10(9)11/h2-6,16H,7-8H2,1H3,(H,14,17). The average Bonchev–Trinajstić information content (AvgIpc) is 2.37. The van der Waals surface area contributed by atoms with Crippen LogP contribution in [0.4, 0.5) is 0 Å². The van der Waals surface area contributed by atoms with Crippen molar-refractivity contribution in [3.05, 3.63) is 46.2 Å². The first kappa shape index (κ1) is 12.3. The minimum absolute atomic E-state index is 0.200. The van der Waals surface area contributed by atoms with Gasteiger partial charge in [-0.1, -0.05) is 18.2 Å². The fourth-order valence-electron chi connectivity index (χ4n) is 1.87. The van der Waals surface area contributed by atoms with Gasteiger partial charge in [0.1, 0.15) is 6.61 Å². The summed E-state index contributed by atoms with van der Waals surface area (Å²) in [7, 11) is 1.59. The molecule has 2 N–H and O–H groups in total. The number of aliphatic hydroxyl groups excluding tert-OH is 1. The minimum Gasteiger partial charge on any atom is -0.387 e. The number of aromatic amines is 1. The third kappa shape index (κ3) is 2.41. The lowest BCUT2D eigenvalue weighted by Crippen LogP contribution is -2.29. The molecule has 0 aliphatic rings. The molecule has 0 saturated carbocycles. The first-order chi connectivity index (χ1) is 8.61. The number of aliphatic hydroxyl groups is 1. The lowest BCUT2D eigenvalue weighted by molar-refractivity contribution is -0.133. The van der Waals surface area contributed by atoms with E-state index < -0.39 is 6.61 Å². The molecule has 5 nitrogen and oxygen atoms in total. The highest BCUT2D eigenvalue weighted by Crippen LogP contribution is 2.15. The molecule has 2 rings (SSSR count). The van der Waals surface area contributed by atoms with Crippen LogP contribution in [0.15, 0.2) is 35.1 Å². The van der Waals surface area contributed by atoms with Crippen LogP contribution in [0, 0.1) is 0 Å². The third-order valence-electron chi connectivity index (χ3n) is 2.80. The van der Waals surface area contributed by atoms with E-state index in [-0.39, 0.29) is 11.5 Å². The van der Waals surface area contributed by atoms with Crippen molar-refractivity contribution in [2.45, 2.75) is 6.54 Å². The second-order valence-electron chi connectivity index (χ2n) is 4.11. The van der Waals surface area contributed by atoms with Crippen LogP contribution >= 0.6 is 0 Å². The number of fused-ring (bicyclic) bond motifs is 1. The Morgan fingerprint density at radius 3 is 2.83 bits per heavy atom. The summed E-state index contributed by atoms with van der Waals surface area (Å²) in [6, 6.07) is 8.89. The molecule has 1 amide bonds. The Labute approximate surface area is 104 Å². The second kappa shape index (κ2) is 5.01. The molecule has 0 aliphatic carbocycles. The molecule has 5 heteroatoms. The van der Waals surface area contributed by atoms with Gasteiger partial charge in [-0.2, -0.15) is 0 Å². The number of H-pyrrole nitrogens is 1. The van der Waals surface area contributed by atoms with Crippen molar-refractivity contribution in [3.8, 4) is 0 Å². The van der Waals surface area contributed by atoms with Gasteiger partial charge < -0.3 is 15.0 Å². The summed E-state index contributed by atoms with van der Waals surface area (Å²) in [4.78, 5) is 27.0. The van der Waals surface area contributed by atoms with Gasteiger partial charge in [0.2, 0.25) is 11.5 Å². The van der Waals surface area contributed by atoms with Gasteiger partial charge in [-0.05, 0) is 11.6 Å². The van der Waals surface area contributed by atoms with Crippen LogP contribution in [0.1, 0.15) is 5.56 Å². The van der Waals surface area contributed by atoms with Crippen LogP contribution in [0.2, 0.25) is 0 Å². The number of para-hydroxylation sites is 1. The lowest BCUT2D eigenvalue weighted by Gasteiger charge is -2.16. The van der Waals surface area contributed by atoms with E-state index in [1.165, 1.54) is 11.0 Å². The summed E-state index contributed by atoms with van der Waals surface area (Å²) in [5, 5.41) is 9.69. The van der Waals surface area contributed by atoms with Crippen molar-refractivity contribution < 1.29 is 9.90 Å². The molecule has 0 saturated heterocycles. The van der Waals surface area contributed by atoms with Crippen molar-refractivity contribution in [2.75, 3.05) is 13.7 Å². The normalized spacial score (nSPS) is 10.6. The fourth-order valence-corrected chi connectivity index (χ4v) is 1.87. The molecule has 0 atom stereocenters. The van der Waals surface area contributed by atoms with E-state index >= 15 is 0 Å². The van der Waals surface area contributed by atoms with E-state index in [2.05, 4.69) is 4.98 Å². The first-order valence-corrected chi connectivity index (χ1v) is 5.57. The molecule has 0 fully saturated rings. The molecule has 0 aliphatic heterocycles. The quantitative estimate of drug-likeness (QED) is 0.827. The number of nitrogens with zero attached hydrogens (tertiary/aromatic N) is 1. The maximum atomic E-state index is 11.5. The van der Waals surface area contributed by atoms with Gasteiger partial charge in [0, 0.05) is 30.6 Å². The van der Waals surface area contributed by atoms with Gasteiger partial charge in [0.15, 0.2) is 0 Å². The van der Waals surface area contributed by atoms with Crippen molar-refractivity contribution in [2.24, 2.45) is 0 Å². The fraction of sp³-hybridized carbons (Fsp3) is 0.231. The molecule has 0 radical (unpaired) electrons. The summed E-state index contributed by atoms with van der Waals surface area (Å²) >= 11 is 0. The predicted octanol–water partition coefficient (Wildman–Crippen LogP) is 0.479. The molecule has 0 spiro atoms. The third-order valence-corrected chi connectivity index (χ3v) is 2.80. The molecule has 1 aromatic carbocycles. The maximum Gasteiger partial charge on any atom is 0.248 e. The molecule has 1 aromatic heterocycles. The highest BCUT2D eigenvalue weighted by molar-refractivity contribution is 5.83. The van der Waals surface area contributed by atoms with E-state index in [1.54, 1.807) is 7.05 Å². The van der Waals surface area contributed by atoms with Crippen LogP contribution < -0.4 is 5.56 Å². The number of pyridine rings is 1. The zero-order chi connectivity index (χ0) is 13.1. The molecule has 94 valence electrons. The van der Waals surface area contributed by atoms with E-state index in [1.807, 2.05) is 24.3 Å². The molecular weight excluding hydrogens is 232 g/mol. The summed E-state index contributed by atoms with van der Waals surface area (Å²) in [6.45, 7) is -0.235. The summed E-state index contributed by atoms with van der Waals surface area (Å²) in [6.07, 6.45) is 0. The Balaban J connectivity index is 2.44. The lowest BCUT2D eigenvalue weighted by atomic mass is 10.1. The number of rotatable bonds is 3. The molecule has 0 unspecified atom stereocenters. The van der Waals surface area contributed by atoms with Crippen molar-refractivity contribution in [1.29, 1.82) is 0 Å². The highest BCUT2D eigenvalue weighted by Gasteiger charge is 2.10. The van der Waals surface area contributed by atoms with E-state index in [0.29, 0.717) is 6.54 Å². The van der Waals surface area contributed by atoms with Crippen LogP contribution in [0.5, 0.6) is 0 Å². The number of hydrogen-bond acceptors (Lipinski definition) is 3. The first-order valence-electron chi connectivity index (χ1n) is 5.57. The Bertz CT molecular complexity index is 633. The molecule has 2 aromatic rings. The van der Waals surface area contributed by atoms with Gasteiger partial charge in [-0.15, -0.1) is 0 Å². The van der Waals surface area contributed by atoms with Crippen LogP contribution in [0.3, 0.4) is 0 Å². The second-order valence-corrected chi connectivity index (χ2v) is 4.11. The van der Waals surface area contributed by atoms with Crippen molar-refractivity contribution in [1.82, 2.24) is 9.88 Å². The average molecular weight is 246 g/mol.